The standard InChI is InChI=1S/C22H24ClN3O2/c1-3-25-19-12-15(21(27)24-18-13-16(23)9-7-14(18)2)8-10-17(19)22(28)26-11-5-4-6-20(25)26/h7-10,12-13,20H,3-6,11H2,1-2H3,(H,24,27)/t20-/m1/s1. The maximum absolute atomic E-state index is 13.0. The van der Waals surface area contributed by atoms with Gasteiger partial charge in [0, 0.05) is 29.4 Å². The van der Waals surface area contributed by atoms with Crippen molar-refractivity contribution in [1.82, 2.24) is 4.90 Å². The number of piperidine rings is 1. The minimum atomic E-state index is -0.206. The molecule has 2 aromatic rings. The van der Waals surface area contributed by atoms with E-state index in [0.717, 1.165) is 43.6 Å². The summed E-state index contributed by atoms with van der Waals surface area (Å²) in [5.41, 5.74) is 3.70. The van der Waals surface area contributed by atoms with E-state index >= 15 is 0 Å². The molecule has 0 spiro atoms. The van der Waals surface area contributed by atoms with E-state index in [9.17, 15) is 9.59 Å². The summed E-state index contributed by atoms with van der Waals surface area (Å²) in [4.78, 5) is 30.0. The monoisotopic (exact) mass is 397 g/mol. The quantitative estimate of drug-likeness (QED) is 0.817. The number of halogens is 1. The predicted molar refractivity (Wildman–Crippen MR) is 112 cm³/mol. The minimum absolute atomic E-state index is 0.0713. The zero-order valence-electron chi connectivity index (χ0n) is 16.2. The number of hydrogen-bond donors (Lipinski definition) is 1. The molecule has 2 aliphatic heterocycles. The van der Waals surface area contributed by atoms with Crippen molar-refractivity contribution in [3.05, 3.63) is 58.1 Å². The molecule has 1 saturated heterocycles. The first-order valence-electron chi connectivity index (χ1n) is 9.78. The lowest BCUT2D eigenvalue weighted by Crippen LogP contribution is -2.57. The molecule has 0 radical (unpaired) electrons. The number of amides is 2. The largest absolute Gasteiger partial charge is 0.351 e. The van der Waals surface area contributed by atoms with E-state index in [2.05, 4.69) is 17.1 Å². The van der Waals surface area contributed by atoms with E-state index in [-0.39, 0.29) is 18.0 Å². The van der Waals surface area contributed by atoms with Gasteiger partial charge in [-0.05, 0) is 69.0 Å². The fraction of sp³-hybridized carbons (Fsp3) is 0.364. The summed E-state index contributed by atoms with van der Waals surface area (Å²) >= 11 is 6.06. The van der Waals surface area contributed by atoms with Crippen LogP contribution in [0.3, 0.4) is 0 Å². The van der Waals surface area contributed by atoms with Crippen LogP contribution in [-0.2, 0) is 0 Å². The molecular weight excluding hydrogens is 374 g/mol. The Balaban J connectivity index is 1.67. The first kappa shape index (κ1) is 18.8. The minimum Gasteiger partial charge on any atom is -0.351 e. The molecule has 28 heavy (non-hydrogen) atoms. The van der Waals surface area contributed by atoms with Gasteiger partial charge in [-0.3, -0.25) is 9.59 Å². The zero-order chi connectivity index (χ0) is 19.8. The Hall–Kier alpha value is -2.53. The highest BCUT2D eigenvalue weighted by Gasteiger charge is 2.38. The molecular formula is C22H24ClN3O2. The SMILES string of the molecule is CCN1c2cc(C(=O)Nc3cc(Cl)ccc3C)ccc2C(=O)N2CCCC[C@@H]21. The van der Waals surface area contributed by atoms with Gasteiger partial charge >= 0.3 is 0 Å². The summed E-state index contributed by atoms with van der Waals surface area (Å²) in [6.07, 6.45) is 3.23. The van der Waals surface area contributed by atoms with Gasteiger partial charge in [-0.15, -0.1) is 0 Å². The second-order valence-electron chi connectivity index (χ2n) is 7.41. The van der Waals surface area contributed by atoms with Crippen LogP contribution in [0, 0.1) is 6.92 Å². The van der Waals surface area contributed by atoms with E-state index < -0.39 is 0 Å². The molecule has 6 heteroatoms. The number of rotatable bonds is 3. The maximum Gasteiger partial charge on any atom is 0.257 e. The first-order valence-corrected chi connectivity index (χ1v) is 10.2. The summed E-state index contributed by atoms with van der Waals surface area (Å²) < 4.78 is 0. The Morgan fingerprint density at radius 3 is 2.82 bits per heavy atom. The first-order chi connectivity index (χ1) is 13.5. The van der Waals surface area contributed by atoms with E-state index in [1.165, 1.54) is 0 Å². The van der Waals surface area contributed by atoms with Crippen LogP contribution < -0.4 is 10.2 Å². The van der Waals surface area contributed by atoms with Crippen LogP contribution in [0.2, 0.25) is 5.02 Å². The summed E-state index contributed by atoms with van der Waals surface area (Å²) in [5.74, 6) is -0.134. The van der Waals surface area contributed by atoms with Gasteiger partial charge in [0.25, 0.3) is 11.8 Å². The topological polar surface area (TPSA) is 52.7 Å². The molecule has 2 aliphatic rings. The Labute approximate surface area is 170 Å². The highest BCUT2D eigenvalue weighted by molar-refractivity contribution is 6.31. The van der Waals surface area contributed by atoms with Crippen molar-refractivity contribution < 1.29 is 9.59 Å². The van der Waals surface area contributed by atoms with Crippen molar-refractivity contribution in [2.24, 2.45) is 0 Å². The smallest absolute Gasteiger partial charge is 0.257 e. The third kappa shape index (κ3) is 3.24. The molecule has 2 heterocycles. The molecule has 0 aromatic heterocycles. The van der Waals surface area contributed by atoms with Crippen LogP contribution in [0.25, 0.3) is 0 Å². The number of carbonyl (C=O) groups is 2. The average Bonchev–Trinajstić information content (AvgIpc) is 2.71. The van der Waals surface area contributed by atoms with Gasteiger partial charge < -0.3 is 15.1 Å². The Kier molecular flexibility index (Phi) is 5.02. The maximum atomic E-state index is 13.0. The summed E-state index contributed by atoms with van der Waals surface area (Å²) in [5, 5.41) is 3.51. The number of anilines is 2. The lowest BCUT2D eigenvalue weighted by atomic mass is 9.97. The van der Waals surface area contributed by atoms with E-state index in [1.54, 1.807) is 24.3 Å². The lowest BCUT2D eigenvalue weighted by molar-refractivity contribution is 0.0582. The molecule has 1 fully saturated rings. The zero-order valence-corrected chi connectivity index (χ0v) is 16.9. The van der Waals surface area contributed by atoms with E-state index in [0.29, 0.717) is 21.8 Å². The molecule has 0 aliphatic carbocycles. The van der Waals surface area contributed by atoms with Crippen molar-refractivity contribution in [2.45, 2.75) is 39.3 Å². The number of carbonyl (C=O) groups excluding carboxylic acids is 2. The van der Waals surface area contributed by atoms with E-state index in [1.807, 2.05) is 24.0 Å². The van der Waals surface area contributed by atoms with Crippen LogP contribution in [0.5, 0.6) is 0 Å². The lowest BCUT2D eigenvalue weighted by Gasteiger charge is -2.47. The number of benzene rings is 2. The van der Waals surface area contributed by atoms with Crippen molar-refractivity contribution in [1.29, 1.82) is 0 Å². The van der Waals surface area contributed by atoms with Crippen LogP contribution >= 0.6 is 11.6 Å². The summed E-state index contributed by atoms with van der Waals surface area (Å²) in [6.45, 7) is 5.61. The van der Waals surface area contributed by atoms with E-state index in [4.69, 9.17) is 11.6 Å². The van der Waals surface area contributed by atoms with Crippen molar-refractivity contribution in [3.63, 3.8) is 0 Å². The number of hydrogen-bond acceptors (Lipinski definition) is 3. The second kappa shape index (κ2) is 7.47. The number of nitrogens with one attached hydrogen (secondary N) is 1. The Morgan fingerprint density at radius 1 is 1.21 bits per heavy atom. The second-order valence-corrected chi connectivity index (χ2v) is 7.84. The molecule has 4 rings (SSSR count). The predicted octanol–water partition coefficient (Wildman–Crippen LogP) is 4.69. The molecule has 5 nitrogen and oxygen atoms in total. The molecule has 1 atom stereocenters. The number of aryl methyl sites for hydroxylation is 1. The van der Waals surface area contributed by atoms with Gasteiger partial charge in [-0.1, -0.05) is 17.7 Å². The van der Waals surface area contributed by atoms with Crippen molar-refractivity contribution in [2.75, 3.05) is 23.3 Å². The van der Waals surface area contributed by atoms with Gasteiger partial charge in [-0.25, -0.2) is 0 Å². The highest BCUT2D eigenvalue weighted by atomic mass is 35.5. The van der Waals surface area contributed by atoms with Gasteiger partial charge in [0.15, 0.2) is 0 Å². The van der Waals surface area contributed by atoms with Crippen LogP contribution in [0.15, 0.2) is 36.4 Å². The Morgan fingerprint density at radius 2 is 2.04 bits per heavy atom. The Bertz CT molecular complexity index is 943. The van der Waals surface area contributed by atoms with Gasteiger partial charge in [-0.2, -0.15) is 0 Å². The van der Waals surface area contributed by atoms with Crippen molar-refractivity contribution in [3.8, 4) is 0 Å². The van der Waals surface area contributed by atoms with Gasteiger partial charge in [0.05, 0.1) is 11.3 Å². The highest BCUT2D eigenvalue weighted by Crippen LogP contribution is 2.36. The van der Waals surface area contributed by atoms with Gasteiger partial charge in [0.2, 0.25) is 0 Å². The fourth-order valence-electron chi connectivity index (χ4n) is 4.19. The number of fused-ring (bicyclic) bond motifs is 2. The molecule has 0 unspecified atom stereocenters. The fourth-order valence-corrected chi connectivity index (χ4v) is 4.36. The molecule has 1 N–H and O–H groups in total. The molecule has 146 valence electrons. The van der Waals surface area contributed by atoms with Gasteiger partial charge in [0.1, 0.15) is 6.17 Å². The molecule has 0 saturated carbocycles. The third-order valence-electron chi connectivity index (χ3n) is 5.68. The summed E-state index contributed by atoms with van der Waals surface area (Å²) in [7, 11) is 0. The molecule has 2 amide bonds. The normalized spacial score (nSPS) is 18.5. The average molecular weight is 398 g/mol. The number of nitrogens with zero attached hydrogens (tertiary/aromatic N) is 2. The summed E-state index contributed by atoms with van der Waals surface area (Å²) in [6, 6.07) is 10.8. The third-order valence-corrected chi connectivity index (χ3v) is 5.92. The molecule has 2 aromatic carbocycles. The molecule has 0 bridgehead atoms. The van der Waals surface area contributed by atoms with Crippen LogP contribution in [0.1, 0.15) is 52.5 Å². The van der Waals surface area contributed by atoms with Crippen molar-refractivity contribution >= 4 is 34.8 Å². The van der Waals surface area contributed by atoms with Crippen LogP contribution in [-0.4, -0.2) is 36.0 Å². The van der Waals surface area contributed by atoms with Crippen LogP contribution in [0.4, 0.5) is 11.4 Å².